The molecule has 0 bridgehead atoms. The van der Waals surface area contributed by atoms with Gasteiger partial charge in [-0.3, -0.25) is 0 Å². The fraction of sp³-hybridized carbons (Fsp3) is 0.909. The third-order valence-electron chi connectivity index (χ3n) is 2.81. The van der Waals surface area contributed by atoms with Crippen LogP contribution in [0.4, 0.5) is 0 Å². The molecule has 1 fully saturated rings. The Hall–Kier alpha value is -0.410. The second-order valence-corrected chi connectivity index (χ2v) is 5.03. The average Bonchev–Trinajstić information content (AvgIpc) is 2.17. The van der Waals surface area contributed by atoms with E-state index in [4.69, 9.17) is 5.11 Å². The minimum absolute atomic E-state index is 0.253. The highest BCUT2D eigenvalue weighted by Crippen LogP contribution is 2.20. The lowest BCUT2D eigenvalue weighted by molar-refractivity contribution is -0.115. The van der Waals surface area contributed by atoms with Crippen LogP contribution >= 0.6 is 0 Å². The number of aliphatic hydroxyl groups excluding tert-OH is 1. The lowest BCUT2D eigenvalue weighted by atomic mass is 9.92. The van der Waals surface area contributed by atoms with Crippen molar-refractivity contribution < 1.29 is 9.90 Å². The topological polar surface area (TPSA) is 40.5 Å². The van der Waals surface area contributed by atoms with Crippen molar-refractivity contribution >= 4 is 6.29 Å². The first kappa shape index (κ1) is 11.7. The van der Waals surface area contributed by atoms with Crippen LogP contribution in [0, 0.1) is 11.3 Å². The van der Waals surface area contributed by atoms with E-state index in [9.17, 15) is 4.79 Å². The summed E-state index contributed by atoms with van der Waals surface area (Å²) < 4.78 is 0. The molecule has 82 valence electrons. The number of hydrogen-bond donors (Lipinski definition) is 1. The van der Waals surface area contributed by atoms with Gasteiger partial charge in [0, 0.05) is 25.1 Å². The number of rotatable bonds is 4. The molecule has 0 aromatic carbocycles. The van der Waals surface area contributed by atoms with Gasteiger partial charge >= 0.3 is 0 Å². The van der Waals surface area contributed by atoms with Crippen LogP contribution in [0.2, 0.25) is 0 Å². The van der Waals surface area contributed by atoms with Crippen molar-refractivity contribution in [2.45, 2.75) is 26.7 Å². The Labute approximate surface area is 86.1 Å². The third kappa shape index (κ3) is 3.39. The van der Waals surface area contributed by atoms with Gasteiger partial charge in [-0.15, -0.1) is 0 Å². The van der Waals surface area contributed by atoms with Gasteiger partial charge in [0.05, 0.1) is 0 Å². The largest absolute Gasteiger partial charge is 0.396 e. The molecule has 1 N–H and O–H groups in total. The number of aldehydes is 1. The normalized spacial score (nSPS) is 24.9. The molecule has 0 aromatic heterocycles. The van der Waals surface area contributed by atoms with Gasteiger partial charge in [-0.05, 0) is 25.3 Å². The van der Waals surface area contributed by atoms with E-state index >= 15 is 0 Å². The monoisotopic (exact) mass is 199 g/mol. The first-order valence-corrected chi connectivity index (χ1v) is 5.37. The quantitative estimate of drug-likeness (QED) is 0.684. The van der Waals surface area contributed by atoms with E-state index in [0.29, 0.717) is 5.92 Å². The molecule has 0 aromatic rings. The highest BCUT2D eigenvalue weighted by molar-refractivity contribution is 5.58. The highest BCUT2D eigenvalue weighted by Gasteiger charge is 2.25. The Kier molecular flexibility index (Phi) is 4.08. The Bertz CT molecular complexity index is 192. The summed E-state index contributed by atoms with van der Waals surface area (Å²) >= 11 is 0. The van der Waals surface area contributed by atoms with Crippen molar-refractivity contribution in [1.29, 1.82) is 0 Å². The minimum Gasteiger partial charge on any atom is -0.396 e. The Morgan fingerprint density at radius 3 is 2.86 bits per heavy atom. The van der Waals surface area contributed by atoms with Crippen LogP contribution in [0.25, 0.3) is 0 Å². The zero-order valence-electron chi connectivity index (χ0n) is 9.20. The van der Waals surface area contributed by atoms with E-state index in [2.05, 4.69) is 4.90 Å². The van der Waals surface area contributed by atoms with Gasteiger partial charge in [-0.25, -0.2) is 0 Å². The van der Waals surface area contributed by atoms with Gasteiger partial charge in [0.15, 0.2) is 0 Å². The minimum atomic E-state index is -0.253. The van der Waals surface area contributed by atoms with Crippen molar-refractivity contribution in [3.63, 3.8) is 0 Å². The number of piperidine rings is 1. The first-order chi connectivity index (χ1) is 6.57. The van der Waals surface area contributed by atoms with Crippen LogP contribution in [0.3, 0.4) is 0 Å². The van der Waals surface area contributed by atoms with Crippen molar-refractivity contribution in [3.8, 4) is 0 Å². The fourth-order valence-corrected chi connectivity index (χ4v) is 2.06. The van der Waals surface area contributed by atoms with Crippen LogP contribution < -0.4 is 0 Å². The molecule has 0 radical (unpaired) electrons. The van der Waals surface area contributed by atoms with E-state index in [-0.39, 0.29) is 12.0 Å². The third-order valence-corrected chi connectivity index (χ3v) is 2.81. The van der Waals surface area contributed by atoms with Crippen LogP contribution in [0.1, 0.15) is 26.7 Å². The van der Waals surface area contributed by atoms with Gasteiger partial charge < -0.3 is 14.8 Å². The molecule has 3 nitrogen and oxygen atoms in total. The number of likely N-dealkylation sites (tertiary alicyclic amines) is 1. The number of hydrogen-bond acceptors (Lipinski definition) is 3. The molecule has 3 heteroatoms. The molecule has 0 spiro atoms. The molecule has 0 amide bonds. The number of aliphatic hydroxyl groups is 1. The van der Waals surface area contributed by atoms with E-state index < -0.39 is 0 Å². The summed E-state index contributed by atoms with van der Waals surface area (Å²) in [4.78, 5) is 13.1. The number of carbonyl (C=O) groups excluding carboxylic acids is 1. The van der Waals surface area contributed by atoms with Crippen LogP contribution in [-0.4, -0.2) is 42.5 Å². The maximum Gasteiger partial charge on any atom is 0.126 e. The summed E-state index contributed by atoms with van der Waals surface area (Å²) in [5, 5.41) is 9.07. The Morgan fingerprint density at radius 2 is 2.29 bits per heavy atom. The van der Waals surface area contributed by atoms with Crippen LogP contribution in [0.5, 0.6) is 0 Å². The summed E-state index contributed by atoms with van der Waals surface area (Å²) in [5.41, 5.74) is -0.253. The Balaban J connectivity index is 2.41. The van der Waals surface area contributed by atoms with E-state index in [1.54, 1.807) is 0 Å². The standard InChI is InChI=1S/C11H21NO2/c1-11(2,9-14)8-12-5-3-4-10(6-12)7-13/h9-10,13H,3-8H2,1-2H3. The van der Waals surface area contributed by atoms with Crippen molar-refractivity contribution in [1.82, 2.24) is 4.90 Å². The fourth-order valence-electron chi connectivity index (χ4n) is 2.06. The number of carbonyl (C=O) groups is 1. The average molecular weight is 199 g/mol. The van der Waals surface area contributed by atoms with Gasteiger partial charge in [0.1, 0.15) is 6.29 Å². The predicted octanol–water partition coefficient (Wildman–Crippen LogP) is 0.916. The lowest BCUT2D eigenvalue weighted by Crippen LogP contribution is -2.42. The van der Waals surface area contributed by atoms with Crippen LogP contribution in [-0.2, 0) is 4.79 Å². The predicted molar refractivity (Wildman–Crippen MR) is 56.1 cm³/mol. The maximum absolute atomic E-state index is 10.8. The van der Waals surface area contributed by atoms with E-state index in [1.807, 2.05) is 13.8 Å². The lowest BCUT2D eigenvalue weighted by Gasteiger charge is -2.35. The molecule has 1 rings (SSSR count). The molecule has 0 aliphatic carbocycles. The van der Waals surface area contributed by atoms with Crippen molar-refractivity contribution in [3.05, 3.63) is 0 Å². The molecule has 1 saturated heterocycles. The molecular formula is C11H21NO2. The summed E-state index contributed by atoms with van der Waals surface area (Å²) in [6, 6.07) is 0. The van der Waals surface area contributed by atoms with E-state index in [0.717, 1.165) is 38.8 Å². The van der Waals surface area contributed by atoms with Crippen molar-refractivity contribution in [2.75, 3.05) is 26.2 Å². The van der Waals surface area contributed by atoms with Crippen molar-refractivity contribution in [2.24, 2.45) is 11.3 Å². The summed E-state index contributed by atoms with van der Waals surface area (Å²) in [6.07, 6.45) is 3.28. The van der Waals surface area contributed by atoms with Gasteiger partial charge in [0.25, 0.3) is 0 Å². The second kappa shape index (κ2) is 4.89. The van der Waals surface area contributed by atoms with Crippen LogP contribution in [0.15, 0.2) is 0 Å². The SMILES string of the molecule is CC(C)(C=O)CN1CCCC(CO)C1. The summed E-state index contributed by atoms with van der Waals surface area (Å²) in [7, 11) is 0. The zero-order valence-corrected chi connectivity index (χ0v) is 9.20. The molecular weight excluding hydrogens is 178 g/mol. The summed E-state index contributed by atoms with van der Waals surface area (Å²) in [6.45, 7) is 7.01. The van der Waals surface area contributed by atoms with E-state index in [1.165, 1.54) is 0 Å². The molecule has 1 aliphatic rings. The smallest absolute Gasteiger partial charge is 0.126 e. The molecule has 1 atom stereocenters. The van der Waals surface area contributed by atoms with Gasteiger partial charge in [-0.1, -0.05) is 13.8 Å². The van der Waals surface area contributed by atoms with Gasteiger partial charge in [0.2, 0.25) is 0 Å². The molecule has 1 heterocycles. The maximum atomic E-state index is 10.8. The molecule has 14 heavy (non-hydrogen) atoms. The second-order valence-electron chi connectivity index (χ2n) is 5.03. The molecule has 1 aliphatic heterocycles. The first-order valence-electron chi connectivity index (χ1n) is 5.37. The zero-order chi connectivity index (χ0) is 10.6. The highest BCUT2D eigenvalue weighted by atomic mass is 16.3. The van der Waals surface area contributed by atoms with Gasteiger partial charge in [-0.2, -0.15) is 0 Å². The summed E-state index contributed by atoms with van der Waals surface area (Å²) in [5.74, 6) is 0.409. The molecule has 0 saturated carbocycles. The number of nitrogens with zero attached hydrogens (tertiary/aromatic N) is 1. The Morgan fingerprint density at radius 1 is 1.57 bits per heavy atom. The molecule has 1 unspecified atom stereocenters.